The van der Waals surface area contributed by atoms with Crippen molar-refractivity contribution in [3.63, 3.8) is 0 Å². The number of hydrogen-bond donors (Lipinski definition) is 1. The smallest absolute Gasteiger partial charge is 0.416 e. The monoisotopic (exact) mass is 598 g/mol. The topological polar surface area (TPSA) is 75.7 Å². The van der Waals surface area contributed by atoms with Crippen molar-refractivity contribution in [1.82, 2.24) is 10.2 Å². The second-order valence-electron chi connectivity index (χ2n) is 10.7. The van der Waals surface area contributed by atoms with E-state index in [1.807, 2.05) is 6.92 Å². The fourth-order valence-corrected chi connectivity index (χ4v) is 5.95. The van der Waals surface area contributed by atoms with Crippen LogP contribution in [0.2, 0.25) is 0 Å². The van der Waals surface area contributed by atoms with Crippen molar-refractivity contribution in [2.24, 2.45) is 0 Å². The maximum absolute atomic E-state index is 14.0. The normalized spacial score (nSPS) is 20.3. The van der Waals surface area contributed by atoms with E-state index in [4.69, 9.17) is 4.74 Å². The molecule has 1 aliphatic carbocycles. The molecule has 42 heavy (non-hydrogen) atoms. The Kier molecular flexibility index (Phi) is 9.22. The summed E-state index contributed by atoms with van der Waals surface area (Å²) in [6.07, 6.45) is -6.31. The van der Waals surface area contributed by atoms with Gasteiger partial charge in [-0.05, 0) is 54.7 Å². The van der Waals surface area contributed by atoms with E-state index < -0.39 is 64.8 Å². The van der Waals surface area contributed by atoms with Crippen molar-refractivity contribution in [1.29, 1.82) is 0 Å². The first kappa shape index (κ1) is 31.4. The summed E-state index contributed by atoms with van der Waals surface area (Å²) in [5, 5.41) is 2.90. The average Bonchev–Trinajstić information content (AvgIpc) is 3.45. The number of esters is 1. The Labute approximate surface area is 239 Å². The lowest BCUT2D eigenvalue weighted by atomic mass is 9.77. The highest BCUT2D eigenvalue weighted by atomic mass is 19.4. The molecular weight excluding hydrogens is 566 g/mol. The molecule has 228 valence electrons. The number of nitrogens with zero attached hydrogens (tertiary/aromatic N) is 1. The zero-order valence-electron chi connectivity index (χ0n) is 23.1. The number of rotatable bonds is 8. The Morgan fingerprint density at radius 2 is 1.60 bits per heavy atom. The minimum Gasteiger partial charge on any atom is -0.467 e. The van der Waals surface area contributed by atoms with Gasteiger partial charge in [0.1, 0.15) is 6.04 Å². The molecule has 1 N–H and O–H groups in total. The molecule has 0 aromatic heterocycles. The van der Waals surface area contributed by atoms with Gasteiger partial charge in [-0.15, -0.1) is 0 Å². The van der Waals surface area contributed by atoms with Crippen LogP contribution in [0.15, 0.2) is 42.5 Å². The molecule has 12 heteroatoms. The first-order valence-corrected chi connectivity index (χ1v) is 13.9. The molecule has 0 spiro atoms. The van der Waals surface area contributed by atoms with Crippen LogP contribution < -0.4 is 5.32 Å². The van der Waals surface area contributed by atoms with Crippen LogP contribution in [0.25, 0.3) is 0 Å². The summed E-state index contributed by atoms with van der Waals surface area (Å²) in [4.78, 5) is 42.1. The number of ether oxygens (including phenoxy) is 1. The Bertz CT molecular complexity index is 1290. The third kappa shape index (κ3) is 6.42. The zero-order valence-corrected chi connectivity index (χ0v) is 23.1. The minimum absolute atomic E-state index is 0.00505. The molecule has 0 radical (unpaired) electrons. The third-order valence-electron chi connectivity index (χ3n) is 7.95. The first-order valence-electron chi connectivity index (χ1n) is 13.9. The predicted octanol–water partition coefficient (Wildman–Crippen LogP) is 6.80. The highest BCUT2D eigenvalue weighted by Crippen LogP contribution is 2.47. The number of unbranched alkanes of at least 4 members (excludes halogenated alkanes) is 1. The highest BCUT2D eigenvalue weighted by molar-refractivity contribution is 6.03. The van der Waals surface area contributed by atoms with Crippen LogP contribution in [0.1, 0.15) is 96.4 Å². The SMILES string of the molecule is CCCCC(C(=O)OC)N1C(=O)c2ccccc2C(C(=O)NC2CCCC2)C1c1cc(C(F)(F)F)cc(C(F)(F)F)c1. The molecule has 4 rings (SSSR count). The summed E-state index contributed by atoms with van der Waals surface area (Å²) in [5.41, 5.74) is -3.54. The summed E-state index contributed by atoms with van der Waals surface area (Å²) in [7, 11) is 1.08. The maximum atomic E-state index is 14.0. The van der Waals surface area contributed by atoms with E-state index in [-0.39, 0.29) is 29.7 Å². The molecule has 1 aliphatic heterocycles. The van der Waals surface area contributed by atoms with Crippen molar-refractivity contribution < 1.29 is 45.5 Å². The molecule has 1 heterocycles. The van der Waals surface area contributed by atoms with E-state index in [0.29, 0.717) is 37.8 Å². The van der Waals surface area contributed by atoms with E-state index in [2.05, 4.69) is 5.32 Å². The molecule has 0 bridgehead atoms. The molecule has 2 aliphatic rings. The van der Waals surface area contributed by atoms with Crippen LogP contribution in [0.3, 0.4) is 0 Å². The van der Waals surface area contributed by atoms with Gasteiger partial charge in [0.25, 0.3) is 5.91 Å². The quantitative estimate of drug-likeness (QED) is 0.268. The number of benzene rings is 2. The van der Waals surface area contributed by atoms with Crippen LogP contribution in [0.5, 0.6) is 0 Å². The molecule has 3 atom stereocenters. The molecule has 2 aromatic carbocycles. The summed E-state index contributed by atoms with van der Waals surface area (Å²) < 4.78 is 88.6. The Hall–Kier alpha value is -3.57. The van der Waals surface area contributed by atoms with Gasteiger partial charge in [0, 0.05) is 11.6 Å². The fourth-order valence-electron chi connectivity index (χ4n) is 5.95. The highest BCUT2D eigenvalue weighted by Gasteiger charge is 2.50. The van der Waals surface area contributed by atoms with E-state index >= 15 is 0 Å². The number of halogens is 6. The van der Waals surface area contributed by atoms with E-state index in [9.17, 15) is 40.7 Å². The zero-order chi connectivity index (χ0) is 30.8. The number of methoxy groups -OCH3 is 1. The van der Waals surface area contributed by atoms with E-state index in [1.54, 1.807) is 0 Å². The maximum Gasteiger partial charge on any atom is 0.416 e. The molecule has 2 aromatic rings. The molecule has 6 nitrogen and oxygen atoms in total. The van der Waals surface area contributed by atoms with Crippen molar-refractivity contribution in [3.05, 3.63) is 70.3 Å². The lowest BCUT2D eigenvalue weighted by Gasteiger charge is -2.45. The van der Waals surface area contributed by atoms with Crippen LogP contribution in [0, 0.1) is 0 Å². The molecule has 0 saturated heterocycles. The number of alkyl halides is 6. The van der Waals surface area contributed by atoms with Crippen LogP contribution in [0.4, 0.5) is 26.3 Å². The minimum atomic E-state index is -5.16. The van der Waals surface area contributed by atoms with Crippen molar-refractivity contribution in [3.8, 4) is 0 Å². The summed E-state index contributed by atoms with van der Waals surface area (Å²) in [5.74, 6) is -3.74. The number of fused-ring (bicyclic) bond motifs is 1. The van der Waals surface area contributed by atoms with Gasteiger partial charge < -0.3 is 15.0 Å². The summed E-state index contributed by atoms with van der Waals surface area (Å²) >= 11 is 0. The van der Waals surface area contributed by atoms with E-state index in [0.717, 1.165) is 24.9 Å². The van der Waals surface area contributed by atoms with Crippen LogP contribution in [-0.2, 0) is 26.7 Å². The number of hydrogen-bond acceptors (Lipinski definition) is 4. The van der Waals surface area contributed by atoms with E-state index in [1.165, 1.54) is 24.3 Å². The lowest BCUT2D eigenvalue weighted by Crippen LogP contribution is -2.54. The molecule has 3 unspecified atom stereocenters. The first-order chi connectivity index (χ1) is 19.8. The second kappa shape index (κ2) is 12.3. The van der Waals surface area contributed by atoms with Gasteiger partial charge in [-0.2, -0.15) is 26.3 Å². The standard InChI is InChI=1S/C30H32F6N2O4/c1-3-4-13-23(28(41)42-2)38-25(17-14-18(29(31,32)33)16-19(15-17)30(34,35)36)24(26(39)37-20-9-5-6-10-20)21-11-7-8-12-22(21)27(38)40/h7-8,11-12,14-16,20,23-25H,3-6,9-10,13H2,1-2H3,(H,37,39). The molecule has 2 amide bonds. The van der Waals surface area contributed by atoms with Gasteiger partial charge in [0.2, 0.25) is 5.91 Å². The average molecular weight is 599 g/mol. The van der Waals surface area contributed by atoms with Gasteiger partial charge in [0.15, 0.2) is 0 Å². The van der Waals surface area contributed by atoms with Crippen LogP contribution in [-0.4, -0.2) is 41.9 Å². The van der Waals surface area contributed by atoms with Gasteiger partial charge in [-0.1, -0.05) is 50.8 Å². The van der Waals surface area contributed by atoms with Crippen LogP contribution >= 0.6 is 0 Å². The Morgan fingerprint density at radius 1 is 1.00 bits per heavy atom. The Balaban J connectivity index is 2.02. The summed E-state index contributed by atoms with van der Waals surface area (Å²) in [6, 6.07) is 3.74. The number of carbonyl (C=O) groups is 3. The van der Waals surface area contributed by atoms with Gasteiger partial charge >= 0.3 is 18.3 Å². The largest absolute Gasteiger partial charge is 0.467 e. The molecular formula is C30H32F6N2O4. The van der Waals surface area contributed by atoms with Crippen molar-refractivity contribution in [2.45, 2.75) is 88.3 Å². The molecule has 1 saturated carbocycles. The summed E-state index contributed by atoms with van der Waals surface area (Å²) in [6.45, 7) is 1.82. The number of carbonyl (C=O) groups excluding carboxylic acids is 3. The fraction of sp³-hybridized carbons (Fsp3) is 0.500. The number of nitrogens with one attached hydrogen (secondary N) is 1. The second-order valence-corrected chi connectivity index (χ2v) is 10.7. The lowest BCUT2D eigenvalue weighted by molar-refractivity contribution is -0.148. The predicted molar refractivity (Wildman–Crippen MR) is 140 cm³/mol. The van der Waals surface area contributed by atoms with Crippen molar-refractivity contribution in [2.75, 3.05) is 7.11 Å². The van der Waals surface area contributed by atoms with Gasteiger partial charge in [-0.25, -0.2) is 4.79 Å². The Morgan fingerprint density at radius 3 is 2.14 bits per heavy atom. The molecule has 1 fully saturated rings. The third-order valence-corrected chi connectivity index (χ3v) is 7.95. The van der Waals surface area contributed by atoms with Crippen molar-refractivity contribution >= 4 is 17.8 Å². The van der Waals surface area contributed by atoms with Gasteiger partial charge in [0.05, 0.1) is 30.2 Å². The van der Waals surface area contributed by atoms with Gasteiger partial charge in [-0.3, -0.25) is 9.59 Å². The number of amides is 2.